The summed E-state index contributed by atoms with van der Waals surface area (Å²) in [6.07, 6.45) is 4.61. The molecule has 0 saturated heterocycles. The molecule has 2 aliphatic rings. The summed E-state index contributed by atoms with van der Waals surface area (Å²) in [6.45, 7) is -0.0989. The fourth-order valence-electron chi connectivity index (χ4n) is 3.49. The lowest BCUT2D eigenvalue weighted by molar-refractivity contribution is -0.146. The number of hydrogen-bond acceptors (Lipinski definition) is 3. The van der Waals surface area contributed by atoms with Crippen LogP contribution in [0.15, 0.2) is 36.4 Å². The number of fused-ring (bicyclic) bond motifs is 2. The van der Waals surface area contributed by atoms with Crippen LogP contribution in [0.3, 0.4) is 0 Å². The predicted octanol–water partition coefficient (Wildman–Crippen LogP) is 1.64. The Hall–Kier alpha value is -2.14. The van der Waals surface area contributed by atoms with Gasteiger partial charge in [0.05, 0.1) is 18.4 Å². The topological polar surface area (TPSA) is 86.6 Å². The minimum atomic E-state index is -0.906. The van der Waals surface area contributed by atoms with Crippen molar-refractivity contribution < 1.29 is 19.8 Å². The number of allylic oxidation sites excluding steroid dienone is 2. The molecule has 5 heteroatoms. The third-order valence-electron chi connectivity index (χ3n) is 4.42. The Balaban J connectivity index is 1.78. The van der Waals surface area contributed by atoms with Gasteiger partial charge in [0.25, 0.3) is 0 Å². The molecule has 1 fully saturated rings. The van der Waals surface area contributed by atoms with E-state index in [4.69, 9.17) is 5.11 Å². The summed E-state index contributed by atoms with van der Waals surface area (Å²) in [7, 11) is 0. The van der Waals surface area contributed by atoms with Crippen LogP contribution in [0.2, 0.25) is 0 Å². The van der Waals surface area contributed by atoms with E-state index in [1.165, 1.54) is 0 Å². The SMILES string of the molecule is O=C(Nc1cccc(CO)c1)[C@@H]1[C@H](C(=O)O)[C@H]2C=C[C@H]1C2. The van der Waals surface area contributed by atoms with Crippen LogP contribution >= 0.6 is 0 Å². The van der Waals surface area contributed by atoms with Crippen LogP contribution in [0.25, 0.3) is 0 Å². The zero-order chi connectivity index (χ0) is 15.0. The summed E-state index contributed by atoms with van der Waals surface area (Å²) in [5.74, 6) is -2.34. The molecule has 0 aliphatic heterocycles. The van der Waals surface area contributed by atoms with E-state index < -0.39 is 17.8 Å². The van der Waals surface area contributed by atoms with Crippen LogP contribution in [0.1, 0.15) is 12.0 Å². The molecular weight excluding hydrogens is 270 g/mol. The maximum Gasteiger partial charge on any atom is 0.307 e. The van der Waals surface area contributed by atoms with Crippen molar-refractivity contribution in [3.63, 3.8) is 0 Å². The third-order valence-corrected chi connectivity index (χ3v) is 4.42. The monoisotopic (exact) mass is 287 g/mol. The van der Waals surface area contributed by atoms with E-state index in [2.05, 4.69) is 5.32 Å². The van der Waals surface area contributed by atoms with Gasteiger partial charge in [0, 0.05) is 5.69 Å². The molecule has 110 valence electrons. The van der Waals surface area contributed by atoms with E-state index in [0.717, 1.165) is 6.42 Å². The van der Waals surface area contributed by atoms with Crippen LogP contribution in [-0.4, -0.2) is 22.1 Å². The number of hydrogen-bond donors (Lipinski definition) is 3. The summed E-state index contributed by atoms with van der Waals surface area (Å²) < 4.78 is 0. The molecule has 0 radical (unpaired) electrons. The highest BCUT2D eigenvalue weighted by molar-refractivity contribution is 5.96. The number of anilines is 1. The first-order valence-corrected chi connectivity index (χ1v) is 7.02. The van der Waals surface area contributed by atoms with Gasteiger partial charge in [-0.2, -0.15) is 0 Å². The molecule has 0 unspecified atom stereocenters. The highest BCUT2D eigenvalue weighted by Crippen LogP contribution is 2.48. The van der Waals surface area contributed by atoms with Gasteiger partial charge in [0.1, 0.15) is 0 Å². The van der Waals surface area contributed by atoms with E-state index in [0.29, 0.717) is 11.3 Å². The Labute approximate surface area is 122 Å². The van der Waals surface area contributed by atoms with Crippen LogP contribution in [-0.2, 0) is 16.2 Å². The van der Waals surface area contributed by atoms with Gasteiger partial charge in [-0.15, -0.1) is 0 Å². The van der Waals surface area contributed by atoms with Crippen molar-refractivity contribution in [1.29, 1.82) is 0 Å². The van der Waals surface area contributed by atoms with E-state index in [1.54, 1.807) is 24.3 Å². The largest absolute Gasteiger partial charge is 0.481 e. The number of carbonyl (C=O) groups is 2. The highest BCUT2D eigenvalue weighted by atomic mass is 16.4. The Morgan fingerprint density at radius 1 is 1.19 bits per heavy atom. The van der Waals surface area contributed by atoms with E-state index in [-0.39, 0.29) is 24.3 Å². The standard InChI is InChI=1S/C16H17NO4/c18-8-9-2-1-3-12(6-9)17-15(19)13-10-4-5-11(7-10)14(13)16(20)21/h1-6,10-11,13-14,18H,7-8H2,(H,17,19)(H,20,21)/t10-,11-,13-,14+/m0/s1. The Morgan fingerprint density at radius 2 is 1.90 bits per heavy atom. The molecule has 21 heavy (non-hydrogen) atoms. The molecule has 1 aromatic rings. The van der Waals surface area contributed by atoms with Gasteiger partial charge >= 0.3 is 5.97 Å². The first-order valence-electron chi connectivity index (χ1n) is 7.02. The molecule has 2 bridgehead atoms. The van der Waals surface area contributed by atoms with Crippen molar-refractivity contribution >= 4 is 17.6 Å². The smallest absolute Gasteiger partial charge is 0.307 e. The van der Waals surface area contributed by atoms with Crippen molar-refractivity contribution in [2.75, 3.05) is 5.32 Å². The molecule has 2 aliphatic carbocycles. The molecule has 0 spiro atoms. The number of aliphatic hydroxyl groups is 1. The maximum atomic E-state index is 12.4. The number of nitrogens with one attached hydrogen (secondary N) is 1. The molecule has 5 nitrogen and oxygen atoms in total. The molecule has 0 aromatic heterocycles. The number of aliphatic hydroxyl groups excluding tert-OH is 1. The Bertz CT molecular complexity index is 610. The number of carboxylic acids is 1. The summed E-state index contributed by atoms with van der Waals surface area (Å²) in [5.41, 5.74) is 1.29. The number of benzene rings is 1. The molecule has 1 amide bonds. The summed E-state index contributed by atoms with van der Waals surface area (Å²) in [6, 6.07) is 6.93. The minimum Gasteiger partial charge on any atom is -0.481 e. The average molecular weight is 287 g/mol. The highest BCUT2D eigenvalue weighted by Gasteiger charge is 2.51. The lowest BCUT2D eigenvalue weighted by Gasteiger charge is -2.23. The fourth-order valence-corrected chi connectivity index (χ4v) is 3.49. The van der Waals surface area contributed by atoms with Crippen molar-refractivity contribution in [2.24, 2.45) is 23.7 Å². The van der Waals surface area contributed by atoms with Gasteiger partial charge in [0.2, 0.25) is 5.91 Å². The second-order valence-electron chi connectivity index (χ2n) is 5.69. The number of aliphatic carboxylic acids is 1. The van der Waals surface area contributed by atoms with Gasteiger partial charge in [-0.05, 0) is 36.0 Å². The Morgan fingerprint density at radius 3 is 2.57 bits per heavy atom. The normalized spacial score (nSPS) is 29.6. The number of amides is 1. The van der Waals surface area contributed by atoms with E-state index in [1.807, 2.05) is 12.2 Å². The average Bonchev–Trinajstić information content (AvgIpc) is 3.07. The fraction of sp³-hybridized carbons (Fsp3) is 0.375. The molecule has 3 rings (SSSR count). The second kappa shape index (κ2) is 5.33. The lowest BCUT2D eigenvalue weighted by atomic mass is 9.82. The summed E-state index contributed by atoms with van der Waals surface area (Å²) in [4.78, 5) is 23.9. The number of rotatable bonds is 4. The summed E-state index contributed by atoms with van der Waals surface area (Å²) in [5, 5.41) is 21.2. The second-order valence-corrected chi connectivity index (χ2v) is 5.69. The van der Waals surface area contributed by atoms with Crippen molar-refractivity contribution in [3.05, 3.63) is 42.0 Å². The molecule has 3 N–H and O–H groups in total. The van der Waals surface area contributed by atoms with E-state index in [9.17, 15) is 14.7 Å². The van der Waals surface area contributed by atoms with Crippen molar-refractivity contribution in [2.45, 2.75) is 13.0 Å². The Kier molecular flexibility index (Phi) is 3.51. The molecule has 0 heterocycles. The zero-order valence-corrected chi connectivity index (χ0v) is 11.4. The minimum absolute atomic E-state index is 0.0112. The van der Waals surface area contributed by atoms with Gasteiger partial charge in [0.15, 0.2) is 0 Å². The van der Waals surface area contributed by atoms with E-state index >= 15 is 0 Å². The van der Waals surface area contributed by atoms with Crippen LogP contribution in [0.4, 0.5) is 5.69 Å². The third kappa shape index (κ3) is 2.45. The summed E-state index contributed by atoms with van der Waals surface area (Å²) >= 11 is 0. The first-order chi connectivity index (χ1) is 10.1. The van der Waals surface area contributed by atoms with Gasteiger partial charge < -0.3 is 15.5 Å². The molecule has 1 saturated carbocycles. The van der Waals surface area contributed by atoms with Gasteiger partial charge in [-0.1, -0.05) is 24.3 Å². The first kappa shape index (κ1) is 13.8. The lowest BCUT2D eigenvalue weighted by Crippen LogP contribution is -2.36. The van der Waals surface area contributed by atoms with Crippen LogP contribution in [0.5, 0.6) is 0 Å². The van der Waals surface area contributed by atoms with Crippen molar-refractivity contribution in [1.82, 2.24) is 0 Å². The number of carboxylic acid groups (broad SMARTS) is 1. The predicted molar refractivity (Wildman–Crippen MR) is 76.3 cm³/mol. The van der Waals surface area contributed by atoms with Gasteiger partial charge in [-0.3, -0.25) is 9.59 Å². The van der Waals surface area contributed by atoms with Crippen molar-refractivity contribution in [3.8, 4) is 0 Å². The quantitative estimate of drug-likeness (QED) is 0.735. The van der Waals surface area contributed by atoms with Gasteiger partial charge in [-0.25, -0.2) is 0 Å². The van der Waals surface area contributed by atoms with Crippen LogP contribution in [0, 0.1) is 23.7 Å². The zero-order valence-electron chi connectivity index (χ0n) is 11.4. The molecule has 4 atom stereocenters. The maximum absolute atomic E-state index is 12.4. The number of carbonyl (C=O) groups excluding carboxylic acids is 1. The van der Waals surface area contributed by atoms with Crippen LogP contribution < -0.4 is 5.32 Å². The molecule has 1 aromatic carbocycles. The molecular formula is C16H17NO4.